The first-order valence-electron chi connectivity index (χ1n) is 11.2. The summed E-state index contributed by atoms with van der Waals surface area (Å²) in [7, 11) is 0. The summed E-state index contributed by atoms with van der Waals surface area (Å²) < 4.78 is 24.5. The molecule has 1 aliphatic heterocycles. The number of hydrogen-bond acceptors (Lipinski definition) is 6. The Hall–Kier alpha value is -3.78. The third-order valence-electron chi connectivity index (χ3n) is 6.18. The minimum atomic E-state index is -0.656. The highest BCUT2D eigenvalue weighted by Crippen LogP contribution is 2.38. The Bertz CT molecular complexity index is 1210. The Balaban J connectivity index is 1.24. The number of aliphatic hydroxyl groups excluding tert-OH is 1. The lowest BCUT2D eigenvalue weighted by atomic mass is 9.98. The fourth-order valence-corrected chi connectivity index (χ4v) is 4.47. The van der Waals surface area contributed by atoms with Gasteiger partial charge in [-0.05, 0) is 60.4 Å². The van der Waals surface area contributed by atoms with E-state index >= 15 is 0 Å². The molecule has 0 saturated carbocycles. The molecule has 2 atom stereocenters. The van der Waals surface area contributed by atoms with Gasteiger partial charge in [-0.3, -0.25) is 9.59 Å². The molecule has 2 aliphatic rings. The van der Waals surface area contributed by atoms with Gasteiger partial charge in [0.15, 0.2) is 11.9 Å². The van der Waals surface area contributed by atoms with E-state index < -0.39 is 6.10 Å². The number of nitrogens with zero attached hydrogens (tertiary/aromatic N) is 2. The standard InChI is InChI=1S/C26H23FN2O5/c27-17-1-4-19(5-2-17)34-25-8-6-20(15-28-25)33-24-9-11-29(26(24)32)18-3-7-21-16(10-12-30)13-23(31)22(21)14-18/h1-8,14-16,24,30H,9-13H2. The van der Waals surface area contributed by atoms with E-state index in [1.54, 1.807) is 23.1 Å². The maximum Gasteiger partial charge on any atom is 0.268 e. The molecule has 0 bridgehead atoms. The van der Waals surface area contributed by atoms with Crippen molar-refractivity contribution in [1.29, 1.82) is 0 Å². The summed E-state index contributed by atoms with van der Waals surface area (Å²) in [5.74, 6) is 0.766. The van der Waals surface area contributed by atoms with Crippen molar-refractivity contribution in [2.45, 2.75) is 31.3 Å². The molecule has 1 amide bonds. The van der Waals surface area contributed by atoms with Gasteiger partial charge in [-0.15, -0.1) is 0 Å². The Morgan fingerprint density at radius 2 is 1.85 bits per heavy atom. The van der Waals surface area contributed by atoms with E-state index in [0.717, 1.165) is 5.56 Å². The normalized spacial score (nSPS) is 19.4. The van der Waals surface area contributed by atoms with Gasteiger partial charge in [0.25, 0.3) is 5.91 Å². The lowest BCUT2D eigenvalue weighted by molar-refractivity contribution is -0.122. The van der Waals surface area contributed by atoms with Gasteiger partial charge in [-0.25, -0.2) is 9.37 Å². The number of Topliss-reactive ketones (excluding diaryl/α,β-unsaturated/α-hetero) is 1. The number of carbonyl (C=O) groups is 2. The van der Waals surface area contributed by atoms with E-state index in [4.69, 9.17) is 9.47 Å². The molecule has 34 heavy (non-hydrogen) atoms. The van der Waals surface area contributed by atoms with Crippen molar-refractivity contribution in [2.24, 2.45) is 0 Å². The first kappa shape index (κ1) is 22.0. The lowest BCUT2D eigenvalue weighted by Gasteiger charge is -2.18. The highest BCUT2D eigenvalue weighted by atomic mass is 19.1. The molecule has 2 unspecified atom stereocenters. The molecule has 1 saturated heterocycles. The molecule has 5 rings (SSSR count). The van der Waals surface area contributed by atoms with Crippen molar-refractivity contribution in [1.82, 2.24) is 4.98 Å². The second kappa shape index (κ2) is 9.23. The minimum absolute atomic E-state index is 0.0365. The summed E-state index contributed by atoms with van der Waals surface area (Å²) >= 11 is 0. The number of benzene rings is 2. The largest absolute Gasteiger partial charge is 0.479 e. The number of anilines is 1. The molecule has 2 heterocycles. The second-order valence-corrected chi connectivity index (χ2v) is 8.38. The van der Waals surface area contributed by atoms with E-state index in [9.17, 15) is 19.1 Å². The highest BCUT2D eigenvalue weighted by molar-refractivity contribution is 6.04. The average molecular weight is 462 g/mol. The van der Waals surface area contributed by atoms with Gasteiger partial charge >= 0.3 is 0 Å². The molecule has 1 aromatic heterocycles. The van der Waals surface area contributed by atoms with Crippen molar-refractivity contribution >= 4 is 17.4 Å². The SMILES string of the molecule is O=C1CC(CCO)c2ccc(N3CCC(Oc4ccc(Oc5ccc(F)cc5)nc4)C3=O)cc21. The minimum Gasteiger partial charge on any atom is -0.479 e. The van der Waals surface area contributed by atoms with Crippen LogP contribution in [-0.4, -0.2) is 41.0 Å². The van der Waals surface area contributed by atoms with E-state index in [2.05, 4.69) is 4.98 Å². The zero-order chi connectivity index (χ0) is 23.7. The molecule has 0 spiro atoms. The molecular weight excluding hydrogens is 439 g/mol. The Morgan fingerprint density at radius 3 is 2.59 bits per heavy atom. The predicted molar refractivity (Wildman–Crippen MR) is 122 cm³/mol. The Morgan fingerprint density at radius 1 is 1.06 bits per heavy atom. The predicted octanol–water partition coefficient (Wildman–Crippen LogP) is 4.25. The highest BCUT2D eigenvalue weighted by Gasteiger charge is 2.36. The number of pyridine rings is 1. The number of carbonyl (C=O) groups excluding carboxylic acids is 2. The van der Waals surface area contributed by atoms with Crippen molar-refractivity contribution in [3.05, 3.63) is 77.7 Å². The molecule has 1 aliphatic carbocycles. The summed E-state index contributed by atoms with van der Waals surface area (Å²) in [6.07, 6.45) is 2.28. The van der Waals surface area contributed by atoms with Crippen LogP contribution in [0.4, 0.5) is 10.1 Å². The third-order valence-corrected chi connectivity index (χ3v) is 6.18. The molecular formula is C26H23FN2O5. The van der Waals surface area contributed by atoms with Crippen LogP contribution < -0.4 is 14.4 Å². The van der Waals surface area contributed by atoms with E-state index in [1.807, 2.05) is 12.1 Å². The van der Waals surface area contributed by atoms with Crippen LogP contribution in [0.1, 0.15) is 41.1 Å². The zero-order valence-electron chi connectivity index (χ0n) is 18.3. The van der Waals surface area contributed by atoms with Gasteiger partial charge < -0.3 is 19.5 Å². The van der Waals surface area contributed by atoms with Gasteiger partial charge in [-0.2, -0.15) is 0 Å². The first-order chi connectivity index (χ1) is 16.5. The zero-order valence-corrected chi connectivity index (χ0v) is 18.3. The molecule has 3 aromatic rings. The Labute approximate surface area is 195 Å². The number of rotatable bonds is 7. The van der Waals surface area contributed by atoms with Crippen LogP contribution in [-0.2, 0) is 4.79 Å². The van der Waals surface area contributed by atoms with Crippen molar-refractivity contribution in [3.63, 3.8) is 0 Å². The van der Waals surface area contributed by atoms with Gasteiger partial charge in [0, 0.05) is 43.3 Å². The summed E-state index contributed by atoms with van der Waals surface area (Å²) in [4.78, 5) is 31.2. The summed E-state index contributed by atoms with van der Waals surface area (Å²) in [6, 6.07) is 14.4. The summed E-state index contributed by atoms with van der Waals surface area (Å²) in [6.45, 7) is 0.521. The quantitative estimate of drug-likeness (QED) is 0.565. The fraction of sp³-hybridized carbons (Fsp3) is 0.269. The number of aromatic nitrogens is 1. The van der Waals surface area contributed by atoms with Crippen LogP contribution in [0.15, 0.2) is 60.8 Å². The maximum absolute atomic E-state index is 13.0. The number of aliphatic hydroxyl groups is 1. The van der Waals surface area contributed by atoms with Crippen LogP contribution >= 0.6 is 0 Å². The van der Waals surface area contributed by atoms with E-state index in [0.29, 0.717) is 54.4 Å². The van der Waals surface area contributed by atoms with Gasteiger partial charge in [0.05, 0.1) is 6.20 Å². The lowest BCUT2D eigenvalue weighted by Crippen LogP contribution is -2.32. The van der Waals surface area contributed by atoms with Crippen molar-refractivity contribution in [3.8, 4) is 17.4 Å². The van der Waals surface area contributed by atoms with Crippen molar-refractivity contribution < 1.29 is 28.6 Å². The van der Waals surface area contributed by atoms with Crippen LogP contribution in [0.3, 0.4) is 0 Å². The fourth-order valence-electron chi connectivity index (χ4n) is 4.47. The number of hydrogen-bond donors (Lipinski definition) is 1. The molecule has 174 valence electrons. The first-order valence-corrected chi connectivity index (χ1v) is 11.2. The maximum atomic E-state index is 13.0. The summed E-state index contributed by atoms with van der Waals surface area (Å²) in [5.41, 5.74) is 2.25. The van der Waals surface area contributed by atoms with Gasteiger partial charge in [-0.1, -0.05) is 6.07 Å². The van der Waals surface area contributed by atoms with E-state index in [1.165, 1.54) is 30.5 Å². The molecule has 8 heteroatoms. The van der Waals surface area contributed by atoms with Crippen LogP contribution in [0, 0.1) is 5.82 Å². The number of ether oxygens (including phenoxy) is 2. The number of amides is 1. The average Bonchev–Trinajstić information content (AvgIpc) is 3.36. The summed E-state index contributed by atoms with van der Waals surface area (Å²) in [5, 5.41) is 9.24. The van der Waals surface area contributed by atoms with Crippen LogP contribution in [0.25, 0.3) is 0 Å². The van der Waals surface area contributed by atoms with Gasteiger partial charge in [0.2, 0.25) is 5.88 Å². The van der Waals surface area contributed by atoms with Crippen LogP contribution in [0.2, 0.25) is 0 Å². The molecule has 7 nitrogen and oxygen atoms in total. The Kier molecular flexibility index (Phi) is 5.98. The monoisotopic (exact) mass is 462 g/mol. The molecule has 2 aromatic carbocycles. The molecule has 1 N–H and O–H groups in total. The van der Waals surface area contributed by atoms with Crippen LogP contribution in [0.5, 0.6) is 17.4 Å². The molecule has 1 fully saturated rings. The van der Waals surface area contributed by atoms with Crippen molar-refractivity contribution in [2.75, 3.05) is 18.1 Å². The smallest absolute Gasteiger partial charge is 0.268 e. The van der Waals surface area contributed by atoms with Gasteiger partial charge in [0.1, 0.15) is 17.3 Å². The number of halogens is 1. The molecule has 0 radical (unpaired) electrons. The topological polar surface area (TPSA) is 89.0 Å². The van der Waals surface area contributed by atoms with E-state index in [-0.39, 0.29) is 30.0 Å². The third kappa shape index (κ3) is 4.36. The number of ketones is 1. The second-order valence-electron chi connectivity index (χ2n) is 8.38. The number of fused-ring (bicyclic) bond motifs is 1.